The molecule has 0 saturated carbocycles. The molecular weight excluding hydrogens is 231 g/mol. The van der Waals surface area contributed by atoms with Gasteiger partial charge >= 0.3 is 6.18 Å². The molecule has 1 rings (SSSR count). The highest BCUT2D eigenvalue weighted by Gasteiger charge is 2.27. The molecule has 0 bridgehead atoms. The third kappa shape index (κ3) is 5.53. The molecule has 86 valence electrons. The fourth-order valence-electron chi connectivity index (χ4n) is 0.786. The number of hydrogen-bond donors (Lipinski definition) is 1. The highest BCUT2D eigenvalue weighted by molar-refractivity contribution is 7.15. The molecule has 0 aromatic carbocycles. The summed E-state index contributed by atoms with van der Waals surface area (Å²) < 4.78 is 39.3. The van der Waals surface area contributed by atoms with E-state index in [9.17, 15) is 13.2 Å². The SMILES string of the molecule is Cc1nnc(NCCOCC(F)(F)F)s1. The highest BCUT2D eigenvalue weighted by atomic mass is 32.1. The lowest BCUT2D eigenvalue weighted by Crippen LogP contribution is -2.20. The molecule has 0 aliphatic carbocycles. The van der Waals surface area contributed by atoms with Crippen LogP contribution in [0.3, 0.4) is 0 Å². The lowest BCUT2D eigenvalue weighted by Gasteiger charge is -2.07. The predicted molar refractivity (Wildman–Crippen MR) is 50.0 cm³/mol. The fourth-order valence-corrected chi connectivity index (χ4v) is 1.40. The molecule has 1 heterocycles. The minimum absolute atomic E-state index is 0.0157. The third-order valence-electron chi connectivity index (χ3n) is 1.31. The molecule has 0 fully saturated rings. The standard InChI is InChI=1S/C7H10F3N3OS/c1-5-12-13-6(15-5)11-2-3-14-4-7(8,9)10/h2-4H2,1H3,(H,11,13). The molecule has 0 spiro atoms. The first-order valence-corrected chi connectivity index (χ1v) is 4.97. The van der Waals surface area contributed by atoms with Crippen molar-refractivity contribution in [3.63, 3.8) is 0 Å². The van der Waals surface area contributed by atoms with Crippen LogP contribution >= 0.6 is 11.3 Å². The number of anilines is 1. The van der Waals surface area contributed by atoms with Crippen molar-refractivity contribution in [1.82, 2.24) is 10.2 Å². The normalized spacial score (nSPS) is 11.7. The summed E-state index contributed by atoms with van der Waals surface area (Å²) in [6.07, 6.45) is -4.26. The first kappa shape index (κ1) is 12.2. The number of aromatic nitrogens is 2. The van der Waals surface area contributed by atoms with Crippen molar-refractivity contribution < 1.29 is 17.9 Å². The Bertz CT molecular complexity index is 302. The maximum absolute atomic E-state index is 11.6. The summed E-state index contributed by atoms with van der Waals surface area (Å²) in [5.41, 5.74) is 0. The van der Waals surface area contributed by atoms with Crippen LogP contribution in [0, 0.1) is 6.92 Å². The first-order chi connectivity index (χ1) is 6.97. The number of nitrogens with zero attached hydrogens (tertiary/aromatic N) is 2. The molecule has 0 amide bonds. The van der Waals surface area contributed by atoms with Crippen LogP contribution in [0.15, 0.2) is 0 Å². The van der Waals surface area contributed by atoms with Gasteiger partial charge in [0.05, 0.1) is 6.61 Å². The molecule has 15 heavy (non-hydrogen) atoms. The van der Waals surface area contributed by atoms with E-state index < -0.39 is 12.8 Å². The molecule has 1 aromatic rings. The van der Waals surface area contributed by atoms with E-state index in [1.807, 2.05) is 0 Å². The van der Waals surface area contributed by atoms with Gasteiger partial charge < -0.3 is 10.1 Å². The molecule has 1 aromatic heterocycles. The van der Waals surface area contributed by atoms with E-state index in [0.717, 1.165) is 5.01 Å². The zero-order valence-electron chi connectivity index (χ0n) is 7.97. The third-order valence-corrected chi connectivity index (χ3v) is 2.11. The monoisotopic (exact) mass is 241 g/mol. The molecule has 0 radical (unpaired) electrons. The van der Waals surface area contributed by atoms with Crippen LogP contribution in [0.1, 0.15) is 5.01 Å². The van der Waals surface area contributed by atoms with Gasteiger partial charge in [-0.25, -0.2) is 0 Å². The Hall–Kier alpha value is -0.890. The topological polar surface area (TPSA) is 47.0 Å². The Labute approximate surface area is 88.5 Å². The van der Waals surface area contributed by atoms with Crippen molar-refractivity contribution in [3.05, 3.63) is 5.01 Å². The van der Waals surface area contributed by atoms with E-state index in [-0.39, 0.29) is 13.2 Å². The summed E-state index contributed by atoms with van der Waals surface area (Å²) in [6, 6.07) is 0. The molecule has 0 aliphatic rings. The average Bonchev–Trinajstić information content (AvgIpc) is 2.49. The number of aryl methyl sites for hydroxylation is 1. The lowest BCUT2D eigenvalue weighted by molar-refractivity contribution is -0.172. The number of halogens is 3. The molecule has 4 nitrogen and oxygen atoms in total. The van der Waals surface area contributed by atoms with Gasteiger partial charge in [-0.1, -0.05) is 11.3 Å². The van der Waals surface area contributed by atoms with Gasteiger partial charge in [0.2, 0.25) is 5.13 Å². The molecule has 1 N–H and O–H groups in total. The van der Waals surface area contributed by atoms with Gasteiger partial charge in [-0.05, 0) is 6.92 Å². The van der Waals surface area contributed by atoms with Crippen molar-refractivity contribution in [2.24, 2.45) is 0 Å². The van der Waals surface area contributed by atoms with E-state index in [0.29, 0.717) is 5.13 Å². The summed E-state index contributed by atoms with van der Waals surface area (Å²) in [4.78, 5) is 0. The minimum atomic E-state index is -4.26. The van der Waals surface area contributed by atoms with Crippen LogP contribution < -0.4 is 5.32 Å². The fraction of sp³-hybridized carbons (Fsp3) is 0.714. The Morgan fingerprint density at radius 1 is 1.40 bits per heavy atom. The smallest absolute Gasteiger partial charge is 0.370 e. The van der Waals surface area contributed by atoms with Crippen LogP contribution in [0.2, 0.25) is 0 Å². The first-order valence-electron chi connectivity index (χ1n) is 4.16. The highest BCUT2D eigenvalue weighted by Crippen LogP contribution is 2.15. The zero-order chi connectivity index (χ0) is 11.3. The van der Waals surface area contributed by atoms with Crippen molar-refractivity contribution in [1.29, 1.82) is 0 Å². The molecule has 0 saturated heterocycles. The van der Waals surface area contributed by atoms with Crippen LogP contribution in [-0.2, 0) is 4.74 Å². The van der Waals surface area contributed by atoms with Gasteiger partial charge in [-0.2, -0.15) is 13.2 Å². The van der Waals surface area contributed by atoms with Crippen LogP contribution in [0.5, 0.6) is 0 Å². The van der Waals surface area contributed by atoms with Crippen LogP contribution in [0.4, 0.5) is 18.3 Å². The number of alkyl halides is 3. The van der Waals surface area contributed by atoms with Crippen molar-refractivity contribution >= 4 is 16.5 Å². The quantitative estimate of drug-likeness (QED) is 0.799. The maximum Gasteiger partial charge on any atom is 0.411 e. The van der Waals surface area contributed by atoms with Crippen molar-refractivity contribution in [3.8, 4) is 0 Å². The Morgan fingerprint density at radius 3 is 2.67 bits per heavy atom. The molecule has 8 heteroatoms. The molecular formula is C7H10F3N3OS. The zero-order valence-corrected chi connectivity index (χ0v) is 8.78. The second-order valence-corrected chi connectivity index (χ2v) is 3.90. The molecule has 0 atom stereocenters. The van der Waals surface area contributed by atoms with E-state index in [1.165, 1.54) is 11.3 Å². The number of rotatable bonds is 5. The average molecular weight is 241 g/mol. The Kier molecular flexibility index (Phi) is 4.28. The summed E-state index contributed by atoms with van der Waals surface area (Å²) in [7, 11) is 0. The van der Waals surface area contributed by atoms with Crippen LogP contribution in [-0.4, -0.2) is 36.1 Å². The van der Waals surface area contributed by atoms with Crippen molar-refractivity contribution in [2.45, 2.75) is 13.1 Å². The molecule has 0 unspecified atom stereocenters. The van der Waals surface area contributed by atoms with E-state index in [2.05, 4.69) is 20.3 Å². The van der Waals surface area contributed by atoms with Gasteiger partial charge in [0.1, 0.15) is 11.6 Å². The van der Waals surface area contributed by atoms with Crippen molar-refractivity contribution in [2.75, 3.05) is 25.1 Å². The van der Waals surface area contributed by atoms with Gasteiger partial charge in [-0.15, -0.1) is 10.2 Å². The van der Waals surface area contributed by atoms with Gasteiger partial charge in [-0.3, -0.25) is 0 Å². The Balaban J connectivity index is 2.07. The second kappa shape index (κ2) is 5.26. The number of hydrogen-bond acceptors (Lipinski definition) is 5. The summed E-state index contributed by atoms with van der Waals surface area (Å²) in [5.74, 6) is 0. The van der Waals surface area contributed by atoms with E-state index >= 15 is 0 Å². The van der Waals surface area contributed by atoms with Gasteiger partial charge in [0.15, 0.2) is 0 Å². The molecule has 0 aliphatic heterocycles. The van der Waals surface area contributed by atoms with E-state index in [4.69, 9.17) is 0 Å². The summed E-state index contributed by atoms with van der Waals surface area (Å²) in [6.45, 7) is 0.843. The predicted octanol–water partition coefficient (Wildman–Crippen LogP) is 1.84. The Morgan fingerprint density at radius 2 is 2.13 bits per heavy atom. The van der Waals surface area contributed by atoms with Crippen LogP contribution in [0.25, 0.3) is 0 Å². The lowest BCUT2D eigenvalue weighted by atomic mass is 10.6. The maximum atomic E-state index is 11.6. The van der Waals surface area contributed by atoms with E-state index in [1.54, 1.807) is 6.92 Å². The largest absolute Gasteiger partial charge is 0.411 e. The second-order valence-electron chi connectivity index (χ2n) is 2.72. The summed E-state index contributed by atoms with van der Waals surface area (Å²) >= 11 is 1.34. The van der Waals surface area contributed by atoms with Gasteiger partial charge in [0, 0.05) is 6.54 Å². The summed E-state index contributed by atoms with van der Waals surface area (Å²) in [5, 5.41) is 11.7. The minimum Gasteiger partial charge on any atom is -0.370 e. The number of ether oxygens (including phenoxy) is 1. The van der Waals surface area contributed by atoms with Gasteiger partial charge in [0.25, 0.3) is 0 Å². The number of nitrogens with one attached hydrogen (secondary N) is 1.